The van der Waals surface area contributed by atoms with Crippen molar-refractivity contribution in [2.24, 2.45) is 0 Å². The van der Waals surface area contributed by atoms with Crippen molar-refractivity contribution in [2.75, 3.05) is 7.11 Å². The molecule has 0 aliphatic rings. The Morgan fingerprint density at radius 2 is 2.06 bits per heavy atom. The highest BCUT2D eigenvalue weighted by Gasteiger charge is 2.25. The molecule has 0 aliphatic carbocycles. The summed E-state index contributed by atoms with van der Waals surface area (Å²) in [5.41, 5.74) is 0.666. The molecule has 2 N–H and O–H groups in total. The van der Waals surface area contributed by atoms with Crippen LogP contribution in [0.5, 0.6) is 0 Å². The van der Waals surface area contributed by atoms with E-state index in [4.69, 9.17) is 11.6 Å². The average Bonchev–Trinajstić information content (AvgIpc) is 2.30. The predicted octanol–water partition coefficient (Wildman–Crippen LogP) is 0.777. The summed E-state index contributed by atoms with van der Waals surface area (Å²) >= 11 is 5.88. The van der Waals surface area contributed by atoms with Crippen LogP contribution in [0.25, 0.3) is 0 Å². The molecule has 0 saturated heterocycles. The third kappa shape index (κ3) is 3.20. The van der Waals surface area contributed by atoms with Crippen molar-refractivity contribution < 1.29 is 19.7 Å². The van der Waals surface area contributed by atoms with Crippen molar-refractivity contribution in [1.29, 1.82) is 0 Å². The number of ether oxygens (including phenoxy) is 1. The molecule has 1 aromatic carbocycles. The zero-order valence-electron chi connectivity index (χ0n) is 8.76. The highest BCUT2D eigenvalue weighted by atomic mass is 35.5. The molecule has 0 radical (unpaired) electrons. The lowest BCUT2D eigenvalue weighted by atomic mass is 10.0. The molecule has 2 atom stereocenters. The number of rotatable bonds is 4. The van der Waals surface area contributed by atoms with Crippen molar-refractivity contribution in [3.8, 4) is 0 Å². The predicted molar refractivity (Wildman–Crippen MR) is 59.2 cm³/mol. The summed E-state index contributed by atoms with van der Waals surface area (Å²) < 4.78 is 4.32. The van der Waals surface area contributed by atoms with Crippen molar-refractivity contribution in [2.45, 2.75) is 18.6 Å². The number of methoxy groups -OCH3 is 1. The van der Waals surface area contributed by atoms with Gasteiger partial charge in [-0.2, -0.15) is 0 Å². The van der Waals surface area contributed by atoms with Gasteiger partial charge >= 0.3 is 5.97 Å². The zero-order valence-corrected chi connectivity index (χ0v) is 9.52. The maximum atomic E-state index is 11.0. The number of hydrogen-bond donors (Lipinski definition) is 2. The standard InChI is InChI=1S/C11H13ClO4/c1-16-11(15)10(14)9(13)6-7-4-2-3-5-8(7)12/h2-5,9-10,13-14H,6H2,1H3/t9-,10-/m0/s1. The average molecular weight is 245 g/mol. The third-order valence-corrected chi connectivity index (χ3v) is 2.56. The number of aliphatic hydroxyl groups is 2. The third-order valence-electron chi connectivity index (χ3n) is 2.19. The summed E-state index contributed by atoms with van der Waals surface area (Å²) in [5, 5.41) is 19.4. The van der Waals surface area contributed by atoms with Crippen LogP contribution in [0.2, 0.25) is 5.02 Å². The van der Waals surface area contributed by atoms with E-state index in [2.05, 4.69) is 4.74 Å². The second-order valence-electron chi connectivity index (χ2n) is 3.33. The fraction of sp³-hybridized carbons (Fsp3) is 0.364. The van der Waals surface area contributed by atoms with E-state index in [1.54, 1.807) is 24.3 Å². The Hall–Kier alpha value is -1.10. The van der Waals surface area contributed by atoms with Crippen LogP contribution in [0.1, 0.15) is 5.56 Å². The SMILES string of the molecule is COC(=O)[C@@H](O)[C@@H](O)Cc1ccccc1Cl. The fourth-order valence-electron chi connectivity index (χ4n) is 1.28. The Morgan fingerprint density at radius 1 is 1.44 bits per heavy atom. The number of aliphatic hydroxyl groups excluding tert-OH is 2. The van der Waals surface area contributed by atoms with Crippen LogP contribution in [0.15, 0.2) is 24.3 Å². The Balaban J connectivity index is 2.68. The fourth-order valence-corrected chi connectivity index (χ4v) is 1.49. The Kier molecular flexibility index (Phi) is 4.73. The van der Waals surface area contributed by atoms with E-state index >= 15 is 0 Å². The smallest absolute Gasteiger partial charge is 0.337 e. The van der Waals surface area contributed by atoms with Gasteiger partial charge in [0.2, 0.25) is 0 Å². The van der Waals surface area contributed by atoms with Crippen LogP contribution < -0.4 is 0 Å². The molecular weight excluding hydrogens is 232 g/mol. The first-order valence-electron chi connectivity index (χ1n) is 4.73. The Morgan fingerprint density at radius 3 is 2.62 bits per heavy atom. The molecule has 16 heavy (non-hydrogen) atoms. The van der Waals surface area contributed by atoms with Crippen LogP contribution in [0, 0.1) is 0 Å². The first kappa shape index (κ1) is 13.0. The number of halogens is 1. The van der Waals surface area contributed by atoms with Crippen LogP contribution >= 0.6 is 11.6 Å². The maximum absolute atomic E-state index is 11.0. The van der Waals surface area contributed by atoms with Crippen LogP contribution in [-0.2, 0) is 16.0 Å². The molecule has 88 valence electrons. The molecule has 0 fully saturated rings. The topological polar surface area (TPSA) is 66.8 Å². The van der Waals surface area contributed by atoms with E-state index in [1.807, 2.05) is 0 Å². The molecule has 5 heteroatoms. The maximum Gasteiger partial charge on any atom is 0.337 e. The van der Waals surface area contributed by atoms with Gasteiger partial charge in [-0.3, -0.25) is 0 Å². The van der Waals surface area contributed by atoms with Gasteiger partial charge in [0.1, 0.15) is 0 Å². The highest BCUT2D eigenvalue weighted by molar-refractivity contribution is 6.31. The summed E-state index contributed by atoms with van der Waals surface area (Å²) in [4.78, 5) is 11.0. The Bertz CT molecular complexity index is 367. The van der Waals surface area contributed by atoms with Gasteiger partial charge in [0, 0.05) is 11.4 Å². The lowest BCUT2D eigenvalue weighted by molar-refractivity contribution is -0.156. The van der Waals surface area contributed by atoms with Gasteiger partial charge in [-0.15, -0.1) is 0 Å². The highest BCUT2D eigenvalue weighted by Crippen LogP contribution is 2.17. The molecular formula is C11H13ClO4. The molecule has 0 bridgehead atoms. The van der Waals surface area contributed by atoms with E-state index in [-0.39, 0.29) is 6.42 Å². The molecule has 1 aromatic rings. The second kappa shape index (κ2) is 5.84. The van der Waals surface area contributed by atoms with Gasteiger partial charge in [-0.05, 0) is 11.6 Å². The Labute approximate surface area is 98.4 Å². The van der Waals surface area contributed by atoms with Crippen LogP contribution in [-0.4, -0.2) is 35.5 Å². The summed E-state index contributed by atoms with van der Waals surface area (Å²) in [6.07, 6.45) is -2.69. The number of benzene rings is 1. The van der Waals surface area contributed by atoms with E-state index in [9.17, 15) is 15.0 Å². The lowest BCUT2D eigenvalue weighted by Crippen LogP contribution is -2.36. The number of carbonyl (C=O) groups is 1. The van der Waals surface area contributed by atoms with Gasteiger partial charge in [0.25, 0.3) is 0 Å². The number of hydrogen-bond acceptors (Lipinski definition) is 4. The molecule has 0 aliphatic heterocycles. The van der Waals surface area contributed by atoms with E-state index in [0.717, 1.165) is 7.11 Å². The minimum atomic E-state index is -1.55. The van der Waals surface area contributed by atoms with Crippen molar-refractivity contribution in [1.82, 2.24) is 0 Å². The van der Waals surface area contributed by atoms with Gasteiger partial charge in [0.05, 0.1) is 13.2 Å². The zero-order chi connectivity index (χ0) is 12.1. The molecule has 0 aromatic heterocycles. The quantitative estimate of drug-likeness (QED) is 0.768. The molecule has 0 heterocycles. The van der Waals surface area contributed by atoms with Gasteiger partial charge in [0.15, 0.2) is 6.10 Å². The summed E-state index contributed by atoms with van der Waals surface area (Å²) in [7, 11) is 1.15. The minimum absolute atomic E-state index is 0.0932. The minimum Gasteiger partial charge on any atom is -0.467 e. The molecule has 0 spiro atoms. The molecule has 0 saturated carbocycles. The number of esters is 1. The molecule has 1 rings (SSSR count). The molecule has 0 amide bonds. The van der Waals surface area contributed by atoms with Gasteiger partial charge in [-0.1, -0.05) is 29.8 Å². The van der Waals surface area contributed by atoms with E-state index < -0.39 is 18.2 Å². The summed E-state index contributed by atoms with van der Waals surface area (Å²) in [6.45, 7) is 0. The first-order valence-corrected chi connectivity index (χ1v) is 5.11. The van der Waals surface area contributed by atoms with Crippen molar-refractivity contribution >= 4 is 17.6 Å². The molecule has 4 nitrogen and oxygen atoms in total. The first-order chi connectivity index (χ1) is 7.56. The van der Waals surface area contributed by atoms with Crippen LogP contribution in [0.4, 0.5) is 0 Å². The monoisotopic (exact) mass is 244 g/mol. The number of carbonyl (C=O) groups excluding carboxylic acids is 1. The van der Waals surface area contributed by atoms with E-state index in [0.29, 0.717) is 10.6 Å². The molecule has 0 unspecified atom stereocenters. The van der Waals surface area contributed by atoms with Gasteiger partial charge < -0.3 is 14.9 Å². The van der Waals surface area contributed by atoms with Crippen molar-refractivity contribution in [3.63, 3.8) is 0 Å². The van der Waals surface area contributed by atoms with E-state index in [1.165, 1.54) is 0 Å². The lowest BCUT2D eigenvalue weighted by Gasteiger charge is -2.16. The summed E-state index contributed by atoms with van der Waals surface area (Å²) in [5.74, 6) is -0.862. The second-order valence-corrected chi connectivity index (χ2v) is 3.74. The largest absolute Gasteiger partial charge is 0.467 e. The summed E-state index contributed by atoms with van der Waals surface area (Å²) in [6, 6.07) is 6.91. The van der Waals surface area contributed by atoms with Crippen LogP contribution in [0.3, 0.4) is 0 Å². The van der Waals surface area contributed by atoms with Crippen molar-refractivity contribution in [3.05, 3.63) is 34.9 Å². The normalized spacial score (nSPS) is 14.2. The van der Waals surface area contributed by atoms with Gasteiger partial charge in [-0.25, -0.2) is 4.79 Å².